The molecule has 4 rings (SSSR count). The zero-order chi connectivity index (χ0) is 24.3. The van der Waals surface area contributed by atoms with Crippen LogP contribution in [0.1, 0.15) is 10.4 Å². The summed E-state index contributed by atoms with van der Waals surface area (Å²) >= 11 is 1.35. The van der Waals surface area contributed by atoms with E-state index in [1.807, 2.05) is 48.5 Å². The first-order valence-corrected chi connectivity index (χ1v) is 12.9. The van der Waals surface area contributed by atoms with Gasteiger partial charge in [0.15, 0.2) is 15.0 Å². The topological polar surface area (TPSA) is 94.6 Å². The Morgan fingerprint density at radius 2 is 1.35 bits per heavy atom. The number of nitrogens with one attached hydrogen (secondary N) is 1. The lowest BCUT2D eigenvalue weighted by atomic mass is 10.1. The van der Waals surface area contributed by atoms with Gasteiger partial charge in [0.25, 0.3) is 5.91 Å². The quantitative estimate of drug-likeness (QED) is 0.382. The van der Waals surface area contributed by atoms with Crippen molar-refractivity contribution in [1.82, 2.24) is 4.98 Å². The van der Waals surface area contributed by atoms with E-state index in [2.05, 4.69) is 5.32 Å². The Hall–Kier alpha value is -3.69. The highest BCUT2D eigenvalue weighted by Gasteiger charge is 2.18. The fourth-order valence-electron chi connectivity index (χ4n) is 3.28. The lowest BCUT2D eigenvalue weighted by Gasteiger charge is -2.05. The van der Waals surface area contributed by atoms with E-state index in [-0.39, 0.29) is 10.8 Å². The molecule has 0 fully saturated rings. The van der Waals surface area contributed by atoms with Crippen molar-refractivity contribution in [2.24, 2.45) is 0 Å². The van der Waals surface area contributed by atoms with Crippen LogP contribution in [0, 0.1) is 0 Å². The highest BCUT2D eigenvalue weighted by Crippen LogP contribution is 2.40. The van der Waals surface area contributed by atoms with Crippen molar-refractivity contribution in [2.45, 2.75) is 4.90 Å². The van der Waals surface area contributed by atoms with Crippen molar-refractivity contribution in [2.75, 3.05) is 25.8 Å². The molecule has 1 aromatic heterocycles. The van der Waals surface area contributed by atoms with E-state index in [9.17, 15) is 13.2 Å². The second kappa shape index (κ2) is 9.66. The summed E-state index contributed by atoms with van der Waals surface area (Å²) in [6.45, 7) is 0. The molecule has 4 aromatic rings. The molecule has 34 heavy (non-hydrogen) atoms. The Morgan fingerprint density at radius 3 is 1.85 bits per heavy atom. The number of ether oxygens (including phenoxy) is 2. The fourth-order valence-corrected chi connectivity index (χ4v) is 4.90. The standard InChI is InChI=1S/C25H22N2O5S2/c1-31-19-10-4-16(5-11-19)22-23(17-6-12-20(32-2)13-7-17)33-25(26-22)27-24(28)18-8-14-21(15-9-18)34(3,29)30/h4-15H,1-3H3,(H,26,27,28). The van der Waals surface area contributed by atoms with Crippen molar-refractivity contribution in [3.8, 4) is 33.2 Å². The van der Waals surface area contributed by atoms with Crippen LogP contribution >= 0.6 is 11.3 Å². The maximum atomic E-state index is 12.8. The summed E-state index contributed by atoms with van der Waals surface area (Å²) < 4.78 is 33.9. The normalized spacial score (nSPS) is 11.1. The van der Waals surface area contributed by atoms with Gasteiger partial charge in [0.2, 0.25) is 0 Å². The molecule has 0 atom stereocenters. The van der Waals surface area contributed by atoms with Crippen molar-refractivity contribution in [3.63, 3.8) is 0 Å². The van der Waals surface area contributed by atoms with E-state index in [1.54, 1.807) is 14.2 Å². The average molecular weight is 495 g/mol. The van der Waals surface area contributed by atoms with Gasteiger partial charge in [-0.2, -0.15) is 0 Å². The van der Waals surface area contributed by atoms with Gasteiger partial charge in [0.1, 0.15) is 11.5 Å². The Balaban J connectivity index is 1.68. The Labute approximate surface area is 201 Å². The summed E-state index contributed by atoms with van der Waals surface area (Å²) in [6, 6.07) is 20.9. The molecule has 1 N–H and O–H groups in total. The van der Waals surface area contributed by atoms with Gasteiger partial charge in [-0.3, -0.25) is 10.1 Å². The minimum Gasteiger partial charge on any atom is -0.497 e. The predicted octanol–water partition coefficient (Wildman–Crippen LogP) is 5.15. The van der Waals surface area contributed by atoms with Crippen molar-refractivity contribution in [3.05, 3.63) is 78.4 Å². The van der Waals surface area contributed by atoms with Gasteiger partial charge in [-0.25, -0.2) is 13.4 Å². The Bertz CT molecular complexity index is 1340. The molecule has 1 amide bonds. The van der Waals surface area contributed by atoms with E-state index < -0.39 is 9.84 Å². The number of anilines is 1. The van der Waals surface area contributed by atoms with Crippen molar-refractivity contribution in [1.29, 1.82) is 0 Å². The summed E-state index contributed by atoms with van der Waals surface area (Å²) in [5.74, 6) is 1.10. The van der Waals surface area contributed by atoms with Crippen LogP contribution in [0.3, 0.4) is 0 Å². The number of amides is 1. The maximum absolute atomic E-state index is 12.8. The molecular weight excluding hydrogens is 472 g/mol. The second-order valence-corrected chi connectivity index (χ2v) is 10.4. The third-order valence-electron chi connectivity index (χ3n) is 5.11. The van der Waals surface area contributed by atoms with Crippen LogP contribution in [0.4, 0.5) is 5.13 Å². The summed E-state index contributed by atoms with van der Waals surface area (Å²) in [7, 11) is -0.118. The van der Waals surface area contributed by atoms with Crippen LogP contribution in [-0.2, 0) is 9.84 Å². The van der Waals surface area contributed by atoms with Crippen molar-refractivity contribution >= 4 is 32.2 Å². The zero-order valence-electron chi connectivity index (χ0n) is 18.7. The number of thiazole rings is 1. The number of benzene rings is 3. The average Bonchev–Trinajstić information content (AvgIpc) is 3.27. The van der Waals surface area contributed by atoms with Gasteiger partial charge in [0.05, 0.1) is 29.7 Å². The highest BCUT2D eigenvalue weighted by atomic mass is 32.2. The molecule has 0 spiro atoms. The molecule has 7 nitrogen and oxygen atoms in total. The lowest BCUT2D eigenvalue weighted by molar-refractivity contribution is 0.102. The molecule has 0 aliphatic heterocycles. The van der Waals surface area contributed by atoms with E-state index in [4.69, 9.17) is 14.5 Å². The van der Waals surface area contributed by atoms with Crippen LogP contribution in [0.15, 0.2) is 77.7 Å². The molecule has 0 aliphatic rings. The summed E-state index contributed by atoms with van der Waals surface area (Å²) in [5.41, 5.74) is 2.86. The van der Waals surface area contributed by atoms with Gasteiger partial charge in [-0.1, -0.05) is 11.3 Å². The summed E-state index contributed by atoms with van der Waals surface area (Å²) in [6.07, 6.45) is 1.12. The van der Waals surface area contributed by atoms with Crippen LogP contribution in [-0.4, -0.2) is 39.8 Å². The number of nitrogens with zero attached hydrogens (tertiary/aromatic N) is 1. The molecule has 1 heterocycles. The van der Waals surface area contributed by atoms with Gasteiger partial charge in [0, 0.05) is 17.4 Å². The monoisotopic (exact) mass is 494 g/mol. The summed E-state index contributed by atoms with van der Waals surface area (Å²) in [5, 5.41) is 3.26. The molecule has 174 valence electrons. The van der Waals surface area contributed by atoms with Crippen LogP contribution in [0.25, 0.3) is 21.7 Å². The molecule has 0 saturated carbocycles. The number of rotatable bonds is 7. The minimum absolute atomic E-state index is 0.155. The minimum atomic E-state index is -3.34. The van der Waals surface area contributed by atoms with Crippen LogP contribution in [0.2, 0.25) is 0 Å². The van der Waals surface area contributed by atoms with Gasteiger partial charge >= 0.3 is 0 Å². The van der Waals surface area contributed by atoms with E-state index in [1.165, 1.54) is 35.6 Å². The fraction of sp³-hybridized carbons (Fsp3) is 0.120. The van der Waals surface area contributed by atoms with Gasteiger partial charge in [-0.05, 0) is 78.4 Å². The molecule has 9 heteroatoms. The Kier molecular flexibility index (Phi) is 6.67. The number of hydrogen-bond donors (Lipinski definition) is 1. The maximum Gasteiger partial charge on any atom is 0.257 e. The number of methoxy groups -OCH3 is 2. The first kappa shape index (κ1) is 23.5. The third-order valence-corrected chi connectivity index (χ3v) is 7.26. The molecule has 0 unspecified atom stereocenters. The number of carbonyl (C=O) groups is 1. The first-order valence-electron chi connectivity index (χ1n) is 10.2. The molecule has 3 aromatic carbocycles. The van der Waals surface area contributed by atoms with Crippen LogP contribution in [0.5, 0.6) is 11.5 Å². The SMILES string of the molecule is COc1ccc(-c2nc(NC(=O)c3ccc(S(C)(=O)=O)cc3)sc2-c2ccc(OC)cc2)cc1. The summed E-state index contributed by atoms with van der Waals surface area (Å²) in [4.78, 5) is 18.5. The number of sulfone groups is 1. The van der Waals surface area contributed by atoms with Gasteiger partial charge < -0.3 is 9.47 Å². The highest BCUT2D eigenvalue weighted by molar-refractivity contribution is 7.90. The number of aromatic nitrogens is 1. The third kappa shape index (κ3) is 5.11. The van der Waals surface area contributed by atoms with E-state index in [0.717, 1.165) is 39.5 Å². The number of hydrogen-bond acceptors (Lipinski definition) is 7. The largest absolute Gasteiger partial charge is 0.497 e. The Morgan fingerprint density at radius 1 is 0.824 bits per heavy atom. The molecule has 0 aliphatic carbocycles. The molecule has 0 bridgehead atoms. The van der Waals surface area contributed by atoms with Crippen LogP contribution < -0.4 is 14.8 Å². The predicted molar refractivity (Wildman–Crippen MR) is 134 cm³/mol. The zero-order valence-corrected chi connectivity index (χ0v) is 20.4. The lowest BCUT2D eigenvalue weighted by Crippen LogP contribution is -2.11. The van der Waals surface area contributed by atoms with Gasteiger partial charge in [-0.15, -0.1) is 0 Å². The smallest absolute Gasteiger partial charge is 0.257 e. The second-order valence-electron chi connectivity index (χ2n) is 7.40. The van der Waals surface area contributed by atoms with E-state index >= 15 is 0 Å². The number of carbonyl (C=O) groups excluding carboxylic acids is 1. The molecule has 0 saturated heterocycles. The first-order chi connectivity index (χ1) is 16.3. The molecular formula is C25H22N2O5S2. The van der Waals surface area contributed by atoms with Crippen molar-refractivity contribution < 1.29 is 22.7 Å². The van der Waals surface area contributed by atoms with E-state index in [0.29, 0.717) is 10.7 Å². The molecule has 0 radical (unpaired) electrons.